The van der Waals surface area contributed by atoms with Crippen molar-refractivity contribution in [1.82, 2.24) is 0 Å². The molecule has 0 bridgehead atoms. The van der Waals surface area contributed by atoms with Gasteiger partial charge in [-0.15, -0.1) is 23.1 Å². The Balaban J connectivity index is 1.95. The van der Waals surface area contributed by atoms with Crippen molar-refractivity contribution in [2.75, 3.05) is 17.7 Å². The van der Waals surface area contributed by atoms with Crippen LogP contribution in [0.2, 0.25) is 0 Å². The summed E-state index contributed by atoms with van der Waals surface area (Å²) in [6.45, 7) is -0.490. The zero-order valence-corrected chi connectivity index (χ0v) is 14.5. The number of hydrogen-bond donors (Lipinski definition) is 2. The van der Waals surface area contributed by atoms with Crippen LogP contribution < -0.4 is 11.1 Å². The van der Waals surface area contributed by atoms with Gasteiger partial charge in [-0.2, -0.15) is 5.26 Å². The normalized spacial score (nSPS) is 9.88. The Morgan fingerprint density at radius 3 is 2.76 bits per heavy atom. The molecule has 0 spiro atoms. The minimum Gasteiger partial charge on any atom is -0.452 e. The number of nitrogens with zero attached hydrogens (tertiary/aromatic N) is 1. The molecule has 1 aromatic carbocycles. The topological polar surface area (TPSA) is 122 Å². The Morgan fingerprint density at radius 2 is 2.04 bits per heavy atom. The minimum absolute atomic E-state index is 0.0279. The van der Waals surface area contributed by atoms with Gasteiger partial charge in [0, 0.05) is 4.90 Å². The summed E-state index contributed by atoms with van der Waals surface area (Å²) in [5, 5.41) is 13.5. The zero-order chi connectivity index (χ0) is 18.2. The van der Waals surface area contributed by atoms with Gasteiger partial charge in [-0.25, -0.2) is 4.79 Å². The highest BCUT2D eigenvalue weighted by molar-refractivity contribution is 8.00. The number of benzene rings is 1. The van der Waals surface area contributed by atoms with Crippen molar-refractivity contribution in [2.24, 2.45) is 5.73 Å². The summed E-state index contributed by atoms with van der Waals surface area (Å²) in [7, 11) is 0. The largest absolute Gasteiger partial charge is 0.452 e. The number of anilines is 1. The summed E-state index contributed by atoms with van der Waals surface area (Å²) in [5.41, 5.74) is 5.69. The van der Waals surface area contributed by atoms with Gasteiger partial charge < -0.3 is 15.8 Å². The number of thiophene rings is 1. The predicted octanol–water partition coefficient (Wildman–Crippen LogP) is 1.99. The van der Waals surface area contributed by atoms with Crippen molar-refractivity contribution in [2.45, 2.75) is 4.90 Å². The molecular weight excluding hydrogens is 362 g/mol. The summed E-state index contributed by atoms with van der Waals surface area (Å²) in [6.07, 6.45) is 0. The molecule has 128 valence electrons. The fraction of sp³-hybridized carbons (Fsp3) is 0.125. The molecular formula is C16H13N3O4S2. The van der Waals surface area contributed by atoms with E-state index in [-0.39, 0.29) is 11.3 Å². The Kier molecular flexibility index (Phi) is 6.56. The van der Waals surface area contributed by atoms with Crippen molar-refractivity contribution in [3.05, 3.63) is 46.8 Å². The van der Waals surface area contributed by atoms with E-state index in [2.05, 4.69) is 5.32 Å². The van der Waals surface area contributed by atoms with E-state index in [0.717, 1.165) is 11.8 Å². The quantitative estimate of drug-likeness (QED) is 0.564. The van der Waals surface area contributed by atoms with Gasteiger partial charge in [-0.1, -0.05) is 12.1 Å². The smallest absolute Gasteiger partial charge is 0.339 e. The van der Waals surface area contributed by atoms with Gasteiger partial charge in [0.2, 0.25) is 5.91 Å². The predicted molar refractivity (Wildman–Crippen MR) is 94.3 cm³/mol. The van der Waals surface area contributed by atoms with E-state index in [0.29, 0.717) is 15.5 Å². The molecule has 7 nitrogen and oxygen atoms in total. The summed E-state index contributed by atoms with van der Waals surface area (Å²) >= 11 is 2.32. The number of ether oxygens (including phenoxy) is 1. The number of carbonyl (C=O) groups excluding carboxylic acids is 3. The van der Waals surface area contributed by atoms with Crippen LogP contribution in [0.25, 0.3) is 0 Å². The standard InChI is InChI=1S/C16H13N3O4S2/c17-7-10-5-6-24-15(10)19-14(21)8-23-16(22)11-3-1-2-4-12(11)25-9-13(18)20/h1-6H,8-9H2,(H2,18,20)(H,19,21). The molecule has 0 saturated carbocycles. The molecule has 0 radical (unpaired) electrons. The number of hydrogen-bond acceptors (Lipinski definition) is 7. The Hall–Kier alpha value is -2.83. The number of primary amides is 1. The van der Waals surface area contributed by atoms with Gasteiger partial charge in [0.15, 0.2) is 6.61 Å². The molecule has 1 aromatic heterocycles. The van der Waals surface area contributed by atoms with Crippen molar-refractivity contribution < 1.29 is 19.1 Å². The summed E-state index contributed by atoms with van der Waals surface area (Å²) in [6, 6.07) is 10.1. The molecule has 0 aliphatic carbocycles. The molecule has 0 fully saturated rings. The third kappa shape index (κ3) is 5.34. The van der Waals surface area contributed by atoms with Crippen LogP contribution in [0.1, 0.15) is 15.9 Å². The molecule has 0 aliphatic rings. The third-order valence-corrected chi connectivity index (χ3v) is 4.78. The first kappa shape index (κ1) is 18.5. The minimum atomic E-state index is -0.686. The van der Waals surface area contributed by atoms with Crippen LogP contribution in [0.5, 0.6) is 0 Å². The number of thioether (sulfide) groups is 1. The lowest BCUT2D eigenvalue weighted by Crippen LogP contribution is -2.21. The molecule has 0 atom stereocenters. The number of nitrogens with two attached hydrogens (primary N) is 1. The summed E-state index contributed by atoms with van der Waals surface area (Å²) in [5.74, 6) is -1.71. The van der Waals surface area contributed by atoms with Crippen molar-refractivity contribution in [3.8, 4) is 6.07 Å². The van der Waals surface area contributed by atoms with E-state index in [1.165, 1.54) is 17.4 Å². The molecule has 25 heavy (non-hydrogen) atoms. The van der Waals surface area contributed by atoms with Crippen LogP contribution in [0.3, 0.4) is 0 Å². The molecule has 2 aromatic rings. The fourth-order valence-electron chi connectivity index (χ4n) is 1.78. The number of amides is 2. The number of nitrogens with one attached hydrogen (secondary N) is 1. The SMILES string of the molecule is N#Cc1ccsc1NC(=O)COC(=O)c1ccccc1SCC(N)=O. The second kappa shape index (κ2) is 8.86. The molecule has 2 amide bonds. The average molecular weight is 375 g/mol. The summed E-state index contributed by atoms with van der Waals surface area (Å²) in [4.78, 5) is 35.4. The highest BCUT2D eigenvalue weighted by Crippen LogP contribution is 2.24. The maximum Gasteiger partial charge on any atom is 0.339 e. The molecule has 2 rings (SSSR count). The van der Waals surface area contributed by atoms with Gasteiger partial charge in [-0.05, 0) is 23.6 Å². The lowest BCUT2D eigenvalue weighted by molar-refractivity contribution is -0.119. The van der Waals surface area contributed by atoms with Crippen LogP contribution in [-0.4, -0.2) is 30.1 Å². The van der Waals surface area contributed by atoms with E-state index in [1.807, 2.05) is 6.07 Å². The van der Waals surface area contributed by atoms with Crippen LogP contribution in [0, 0.1) is 11.3 Å². The average Bonchev–Trinajstić information content (AvgIpc) is 3.05. The Morgan fingerprint density at radius 1 is 1.28 bits per heavy atom. The highest BCUT2D eigenvalue weighted by atomic mass is 32.2. The number of rotatable bonds is 7. The van der Waals surface area contributed by atoms with E-state index >= 15 is 0 Å². The second-order valence-corrected chi connectivity index (χ2v) is 6.58. The number of esters is 1. The van der Waals surface area contributed by atoms with E-state index in [1.54, 1.807) is 29.6 Å². The molecule has 0 saturated heterocycles. The molecule has 1 heterocycles. The van der Waals surface area contributed by atoms with Crippen LogP contribution in [0.15, 0.2) is 40.6 Å². The highest BCUT2D eigenvalue weighted by Gasteiger charge is 2.16. The van der Waals surface area contributed by atoms with E-state index < -0.39 is 24.4 Å². The van der Waals surface area contributed by atoms with Gasteiger partial charge in [0.05, 0.1) is 16.9 Å². The lowest BCUT2D eigenvalue weighted by atomic mass is 10.2. The fourth-order valence-corrected chi connectivity index (χ4v) is 3.31. The van der Waals surface area contributed by atoms with Gasteiger partial charge >= 0.3 is 5.97 Å². The molecule has 0 unspecified atom stereocenters. The summed E-state index contributed by atoms with van der Waals surface area (Å²) < 4.78 is 5.00. The van der Waals surface area contributed by atoms with Crippen molar-refractivity contribution in [1.29, 1.82) is 5.26 Å². The van der Waals surface area contributed by atoms with E-state index in [4.69, 9.17) is 15.7 Å². The van der Waals surface area contributed by atoms with Crippen LogP contribution >= 0.6 is 23.1 Å². The van der Waals surface area contributed by atoms with Crippen molar-refractivity contribution in [3.63, 3.8) is 0 Å². The molecule has 0 aliphatic heterocycles. The lowest BCUT2D eigenvalue weighted by Gasteiger charge is -2.09. The van der Waals surface area contributed by atoms with E-state index in [9.17, 15) is 14.4 Å². The second-order valence-electron chi connectivity index (χ2n) is 4.65. The first-order chi connectivity index (χ1) is 12.0. The van der Waals surface area contributed by atoms with Crippen LogP contribution in [-0.2, 0) is 14.3 Å². The Bertz CT molecular complexity index is 842. The van der Waals surface area contributed by atoms with Crippen LogP contribution in [0.4, 0.5) is 5.00 Å². The van der Waals surface area contributed by atoms with Gasteiger partial charge in [0.25, 0.3) is 5.91 Å². The number of nitriles is 1. The van der Waals surface area contributed by atoms with Gasteiger partial charge in [0.1, 0.15) is 11.1 Å². The van der Waals surface area contributed by atoms with Crippen molar-refractivity contribution >= 4 is 45.9 Å². The molecule has 9 heteroatoms. The third-order valence-electron chi connectivity index (χ3n) is 2.85. The maximum absolute atomic E-state index is 12.2. The maximum atomic E-state index is 12.2. The zero-order valence-electron chi connectivity index (χ0n) is 12.9. The monoisotopic (exact) mass is 375 g/mol. The first-order valence-electron chi connectivity index (χ1n) is 6.96. The Labute approximate surface area is 151 Å². The first-order valence-corrected chi connectivity index (χ1v) is 8.82. The molecule has 3 N–H and O–H groups in total. The number of carbonyl (C=O) groups is 3. The van der Waals surface area contributed by atoms with Gasteiger partial charge in [-0.3, -0.25) is 9.59 Å².